The lowest BCUT2D eigenvalue weighted by atomic mass is 9.95. The maximum atomic E-state index is 14.3. The Morgan fingerprint density at radius 1 is 0.852 bits per heavy atom. The van der Waals surface area contributed by atoms with E-state index in [0.29, 0.717) is 6.07 Å². The van der Waals surface area contributed by atoms with Crippen molar-refractivity contribution in [2.24, 2.45) is 0 Å². The lowest BCUT2D eigenvalue weighted by Gasteiger charge is -2.31. The summed E-state index contributed by atoms with van der Waals surface area (Å²) in [6, 6.07) is 6.05. The molecule has 0 spiro atoms. The summed E-state index contributed by atoms with van der Waals surface area (Å²) in [5.41, 5.74) is -1.62. The summed E-state index contributed by atoms with van der Waals surface area (Å²) in [7, 11) is -5.41. The molecule has 0 aromatic heterocycles. The molecule has 0 aliphatic carbocycles. The third kappa shape index (κ3) is 3.59. The molecule has 2 aromatic carbocycles. The van der Waals surface area contributed by atoms with E-state index in [-0.39, 0.29) is 5.39 Å². The molecule has 0 saturated heterocycles. The Morgan fingerprint density at radius 3 is 1.93 bits per heavy atom. The van der Waals surface area contributed by atoms with Gasteiger partial charge in [0.05, 0.1) is 0 Å². The molecule has 0 aliphatic heterocycles. The van der Waals surface area contributed by atoms with Crippen molar-refractivity contribution in [1.82, 2.24) is 0 Å². The zero-order chi connectivity index (χ0) is 20.8. The van der Waals surface area contributed by atoms with E-state index < -0.39 is 56.6 Å². The fourth-order valence-electron chi connectivity index (χ4n) is 2.45. The van der Waals surface area contributed by atoms with Gasteiger partial charge in [-0.05, 0) is 5.39 Å². The number of hydrogen-bond donors (Lipinski definition) is 1. The average molecular weight is 422 g/mol. The largest absolute Gasteiger partial charge is 0.349 e. The molecule has 27 heavy (non-hydrogen) atoms. The molecule has 0 bridgehead atoms. The molecule has 2 rings (SSSR count). The molecule has 0 radical (unpaired) electrons. The second kappa shape index (κ2) is 6.89. The van der Waals surface area contributed by atoms with Gasteiger partial charge in [-0.2, -0.15) is 26.0 Å². The van der Waals surface area contributed by atoms with Crippen LogP contribution in [0.3, 0.4) is 0 Å². The van der Waals surface area contributed by atoms with Gasteiger partial charge in [-0.1, -0.05) is 36.4 Å². The van der Waals surface area contributed by atoms with Crippen LogP contribution >= 0.6 is 0 Å². The first-order valence-electron chi connectivity index (χ1n) is 7.04. The fourth-order valence-corrected chi connectivity index (χ4v) is 3.39. The Morgan fingerprint density at radius 2 is 1.41 bits per heavy atom. The predicted molar refractivity (Wildman–Crippen MR) is 78.4 cm³/mol. The Balaban J connectivity index is 2.72. The van der Waals surface area contributed by atoms with Crippen LogP contribution in [0.25, 0.3) is 10.8 Å². The molecule has 2 atom stereocenters. The Bertz CT molecular complexity index is 945. The van der Waals surface area contributed by atoms with Crippen LogP contribution in [-0.4, -0.2) is 37.4 Å². The first-order valence-corrected chi connectivity index (χ1v) is 8.48. The lowest BCUT2D eigenvalue weighted by molar-refractivity contribution is -0.280. The Hall–Kier alpha value is -1.95. The van der Waals surface area contributed by atoms with Gasteiger partial charge in [-0.15, -0.1) is 0 Å². The maximum Gasteiger partial charge on any atom is 0.349 e. The fraction of sp³-hybridized carbons (Fsp3) is 0.333. The summed E-state index contributed by atoms with van der Waals surface area (Å²) in [6.07, 6.45) is -13.5. The van der Waals surface area contributed by atoms with Gasteiger partial charge in [0.15, 0.2) is 6.17 Å². The molecule has 0 heterocycles. The number of fused-ring (bicyclic) bond motifs is 1. The monoisotopic (exact) mass is 422 g/mol. The summed E-state index contributed by atoms with van der Waals surface area (Å²) in [6.45, 7) is 0. The summed E-state index contributed by atoms with van der Waals surface area (Å²) in [5.74, 6) is -12.2. The van der Waals surface area contributed by atoms with Crippen LogP contribution < -0.4 is 0 Å². The second-order valence-corrected chi connectivity index (χ2v) is 6.88. The molecule has 1 N–H and O–H groups in total. The van der Waals surface area contributed by atoms with Gasteiger partial charge in [0.1, 0.15) is 4.90 Å². The van der Waals surface area contributed by atoms with Crippen molar-refractivity contribution in [3.05, 3.63) is 42.0 Å². The van der Waals surface area contributed by atoms with Crippen molar-refractivity contribution in [1.29, 1.82) is 0 Å². The molecule has 0 amide bonds. The molecule has 0 aliphatic rings. The predicted octanol–water partition coefficient (Wildman–Crippen LogP) is 4.97. The van der Waals surface area contributed by atoms with Crippen LogP contribution in [0.2, 0.25) is 0 Å². The standard InChI is InChI=1S/C15H10F8O3S/c16-11(14(20,21)15(22,23)12(17)13(18)19)9-6-5-7-3-1-2-4-8(7)10(9)27(24,25)26/h1-6,11-13H,(H,24,25,26). The molecule has 2 unspecified atom stereocenters. The highest BCUT2D eigenvalue weighted by molar-refractivity contribution is 7.86. The van der Waals surface area contributed by atoms with Crippen LogP contribution in [0.15, 0.2) is 41.3 Å². The van der Waals surface area contributed by atoms with Gasteiger partial charge in [-0.25, -0.2) is 17.6 Å². The molecule has 0 saturated carbocycles. The highest BCUT2D eigenvalue weighted by Crippen LogP contribution is 2.50. The lowest BCUT2D eigenvalue weighted by Crippen LogP contribution is -2.53. The van der Waals surface area contributed by atoms with E-state index in [2.05, 4.69) is 0 Å². The minimum atomic E-state index is -6.16. The van der Waals surface area contributed by atoms with Gasteiger partial charge >= 0.3 is 11.8 Å². The number of hydrogen-bond acceptors (Lipinski definition) is 2. The molecular formula is C15H10F8O3S. The van der Waals surface area contributed by atoms with Gasteiger partial charge in [-0.3, -0.25) is 4.55 Å². The Labute approximate surface area is 147 Å². The average Bonchev–Trinajstić information content (AvgIpc) is 2.57. The minimum absolute atomic E-state index is 0.0205. The van der Waals surface area contributed by atoms with Crippen LogP contribution in [0, 0.1) is 0 Å². The minimum Gasteiger partial charge on any atom is -0.282 e. The first kappa shape index (κ1) is 21.4. The topological polar surface area (TPSA) is 54.4 Å². The van der Waals surface area contributed by atoms with E-state index in [1.165, 1.54) is 18.2 Å². The van der Waals surface area contributed by atoms with Gasteiger partial charge in [0, 0.05) is 10.9 Å². The molecule has 12 heteroatoms. The van der Waals surface area contributed by atoms with E-state index in [1.54, 1.807) is 0 Å². The van der Waals surface area contributed by atoms with Crippen molar-refractivity contribution in [2.75, 3.05) is 0 Å². The van der Waals surface area contributed by atoms with Crippen LogP contribution in [-0.2, 0) is 10.1 Å². The second-order valence-electron chi connectivity index (χ2n) is 5.52. The maximum absolute atomic E-state index is 14.3. The molecular weight excluding hydrogens is 412 g/mol. The molecule has 3 nitrogen and oxygen atoms in total. The van der Waals surface area contributed by atoms with E-state index in [0.717, 1.165) is 12.1 Å². The number of rotatable bonds is 6. The summed E-state index contributed by atoms with van der Waals surface area (Å²) in [4.78, 5) is -1.45. The highest BCUT2D eigenvalue weighted by Gasteiger charge is 2.69. The van der Waals surface area contributed by atoms with Crippen LogP contribution in [0.1, 0.15) is 11.7 Å². The van der Waals surface area contributed by atoms with Crippen molar-refractivity contribution >= 4 is 20.9 Å². The molecule has 150 valence electrons. The quantitative estimate of drug-likeness (QED) is 0.528. The van der Waals surface area contributed by atoms with Crippen LogP contribution in [0.5, 0.6) is 0 Å². The summed E-state index contributed by atoms with van der Waals surface area (Å²) < 4.78 is 139. The van der Waals surface area contributed by atoms with Gasteiger partial charge in [0.25, 0.3) is 16.5 Å². The smallest absolute Gasteiger partial charge is 0.282 e. The zero-order valence-corrected chi connectivity index (χ0v) is 13.7. The van der Waals surface area contributed by atoms with E-state index in [1.807, 2.05) is 0 Å². The van der Waals surface area contributed by atoms with E-state index >= 15 is 0 Å². The van der Waals surface area contributed by atoms with Crippen LogP contribution in [0.4, 0.5) is 35.1 Å². The van der Waals surface area contributed by atoms with E-state index in [9.17, 15) is 48.1 Å². The van der Waals surface area contributed by atoms with Gasteiger partial charge in [0.2, 0.25) is 6.17 Å². The summed E-state index contributed by atoms with van der Waals surface area (Å²) in [5, 5.41) is -0.461. The van der Waals surface area contributed by atoms with Crippen molar-refractivity contribution in [3.63, 3.8) is 0 Å². The highest BCUT2D eigenvalue weighted by atomic mass is 32.2. The normalized spacial score (nSPS) is 15.9. The number of halogens is 8. The molecule has 2 aromatic rings. The Kier molecular flexibility index (Phi) is 5.45. The van der Waals surface area contributed by atoms with Crippen molar-refractivity contribution < 1.29 is 48.1 Å². The van der Waals surface area contributed by atoms with Gasteiger partial charge < -0.3 is 0 Å². The molecule has 0 fully saturated rings. The summed E-state index contributed by atoms with van der Waals surface area (Å²) >= 11 is 0. The SMILES string of the molecule is O=S(=O)(O)c1c(C(F)C(F)(F)C(F)(F)C(F)C(F)F)ccc2ccccc12. The first-order chi connectivity index (χ1) is 12.2. The van der Waals surface area contributed by atoms with Crippen molar-refractivity contribution in [3.8, 4) is 0 Å². The zero-order valence-electron chi connectivity index (χ0n) is 12.9. The third-order valence-corrected chi connectivity index (χ3v) is 4.74. The third-order valence-electron chi connectivity index (χ3n) is 3.77. The van der Waals surface area contributed by atoms with Crippen molar-refractivity contribution in [2.45, 2.75) is 35.5 Å². The number of benzene rings is 2. The van der Waals surface area contributed by atoms with E-state index in [4.69, 9.17) is 0 Å². The number of alkyl halides is 8.